The second kappa shape index (κ2) is 5.83. The van der Waals surface area contributed by atoms with Gasteiger partial charge in [0.1, 0.15) is 0 Å². The maximum absolute atomic E-state index is 12.3. The van der Waals surface area contributed by atoms with Crippen molar-refractivity contribution in [3.05, 3.63) is 0 Å². The Balaban J connectivity index is 1.91. The van der Waals surface area contributed by atoms with Crippen molar-refractivity contribution in [1.82, 2.24) is 4.90 Å². The van der Waals surface area contributed by atoms with Gasteiger partial charge in [0.15, 0.2) is 0 Å². The monoisotopic (exact) mass is 270 g/mol. The average molecular weight is 270 g/mol. The van der Waals surface area contributed by atoms with Crippen LogP contribution in [0.15, 0.2) is 0 Å². The smallest absolute Gasteiger partial charge is 0.239 e. The number of hydrogen-bond acceptors (Lipinski definition) is 3. The van der Waals surface area contributed by atoms with Gasteiger partial charge in [0.25, 0.3) is 0 Å². The van der Waals surface area contributed by atoms with Crippen molar-refractivity contribution in [2.24, 2.45) is 17.1 Å². The molecule has 2 unspecified atom stereocenters. The Bertz CT molecular complexity index is 304. The van der Waals surface area contributed by atoms with E-state index in [4.69, 9.17) is 5.73 Å². The summed E-state index contributed by atoms with van der Waals surface area (Å²) in [4.78, 5) is 14.4. The Hall–Kier alpha value is -0.220. The number of thioether (sulfide) groups is 1. The third kappa shape index (κ3) is 2.69. The van der Waals surface area contributed by atoms with E-state index in [9.17, 15) is 4.79 Å². The average Bonchev–Trinajstić information content (AvgIpc) is 2.33. The molecule has 1 aliphatic carbocycles. The highest BCUT2D eigenvalue weighted by Gasteiger charge is 2.46. The lowest BCUT2D eigenvalue weighted by atomic mass is 9.59. The van der Waals surface area contributed by atoms with Gasteiger partial charge in [-0.05, 0) is 49.0 Å². The van der Waals surface area contributed by atoms with Crippen molar-refractivity contribution >= 4 is 17.7 Å². The molecule has 0 bridgehead atoms. The van der Waals surface area contributed by atoms with Gasteiger partial charge in [0, 0.05) is 13.1 Å². The van der Waals surface area contributed by atoms with Gasteiger partial charge in [-0.3, -0.25) is 4.79 Å². The summed E-state index contributed by atoms with van der Waals surface area (Å²) >= 11 is 1.76. The summed E-state index contributed by atoms with van der Waals surface area (Å²) in [5, 5.41) is 0. The molecule has 1 amide bonds. The van der Waals surface area contributed by atoms with Gasteiger partial charge in [-0.15, -0.1) is 0 Å². The first kappa shape index (κ1) is 14.2. The summed E-state index contributed by atoms with van der Waals surface area (Å²) in [7, 11) is 0. The van der Waals surface area contributed by atoms with Gasteiger partial charge in [-0.25, -0.2) is 0 Å². The first-order chi connectivity index (χ1) is 8.59. The number of amides is 1. The molecule has 1 saturated carbocycles. The van der Waals surface area contributed by atoms with Crippen LogP contribution < -0.4 is 5.73 Å². The van der Waals surface area contributed by atoms with Crippen LogP contribution in [-0.2, 0) is 4.79 Å². The van der Waals surface area contributed by atoms with Crippen LogP contribution in [0, 0.1) is 11.3 Å². The van der Waals surface area contributed by atoms with E-state index < -0.39 is 0 Å². The van der Waals surface area contributed by atoms with Crippen molar-refractivity contribution in [2.45, 2.75) is 45.1 Å². The Morgan fingerprint density at radius 2 is 2.28 bits per heavy atom. The lowest BCUT2D eigenvalue weighted by Crippen LogP contribution is -2.56. The van der Waals surface area contributed by atoms with E-state index in [0.717, 1.165) is 37.6 Å². The molecule has 0 aromatic heterocycles. The van der Waals surface area contributed by atoms with E-state index in [1.807, 2.05) is 4.90 Å². The summed E-state index contributed by atoms with van der Waals surface area (Å²) in [6.07, 6.45) is 7.96. The zero-order valence-electron chi connectivity index (χ0n) is 11.7. The second-order valence-electron chi connectivity index (χ2n) is 6.05. The minimum Gasteiger partial charge on any atom is -0.341 e. The first-order valence-corrected chi connectivity index (χ1v) is 8.52. The molecule has 4 heteroatoms. The Morgan fingerprint density at radius 3 is 2.83 bits per heavy atom. The molecule has 1 saturated heterocycles. The van der Waals surface area contributed by atoms with Crippen LogP contribution in [0.25, 0.3) is 0 Å². The first-order valence-electron chi connectivity index (χ1n) is 7.12. The van der Waals surface area contributed by atoms with Crippen LogP contribution in [0.3, 0.4) is 0 Å². The van der Waals surface area contributed by atoms with Crippen molar-refractivity contribution < 1.29 is 4.79 Å². The molecule has 1 heterocycles. The standard InChI is InChI=1S/C14H26N2OS/c1-11-4-8-16(10-14(11)6-3-7-14)13(17)12(15)5-9-18-2/h11-12H,3-10,15H2,1-2H3. The zero-order valence-corrected chi connectivity index (χ0v) is 12.5. The van der Waals surface area contributed by atoms with Crippen LogP contribution in [0.5, 0.6) is 0 Å². The molecular formula is C14H26N2OS. The van der Waals surface area contributed by atoms with E-state index in [0.29, 0.717) is 5.41 Å². The van der Waals surface area contributed by atoms with Gasteiger partial charge in [-0.1, -0.05) is 13.3 Å². The molecule has 0 aromatic rings. The van der Waals surface area contributed by atoms with Crippen molar-refractivity contribution in [1.29, 1.82) is 0 Å². The number of carbonyl (C=O) groups excluding carboxylic acids is 1. The number of rotatable bonds is 4. The van der Waals surface area contributed by atoms with Crippen molar-refractivity contribution in [3.63, 3.8) is 0 Å². The van der Waals surface area contributed by atoms with Gasteiger partial charge < -0.3 is 10.6 Å². The summed E-state index contributed by atoms with van der Waals surface area (Å²) in [5.74, 6) is 1.93. The third-order valence-corrected chi connectivity index (χ3v) is 5.64. The number of piperidine rings is 1. The number of nitrogens with zero attached hydrogens (tertiary/aromatic N) is 1. The summed E-state index contributed by atoms with van der Waals surface area (Å²) in [5.41, 5.74) is 6.45. The van der Waals surface area contributed by atoms with Crippen molar-refractivity contribution in [2.75, 3.05) is 25.1 Å². The molecule has 2 atom stereocenters. The third-order valence-electron chi connectivity index (χ3n) is 4.99. The van der Waals surface area contributed by atoms with E-state index in [-0.39, 0.29) is 11.9 Å². The number of hydrogen-bond donors (Lipinski definition) is 1. The summed E-state index contributed by atoms with van der Waals surface area (Å²) in [6.45, 7) is 4.23. The van der Waals surface area contributed by atoms with Crippen molar-refractivity contribution in [3.8, 4) is 0 Å². The van der Waals surface area contributed by atoms with Crippen LogP contribution in [0.4, 0.5) is 0 Å². The molecule has 1 aliphatic heterocycles. The molecule has 1 spiro atoms. The molecule has 18 heavy (non-hydrogen) atoms. The predicted molar refractivity (Wildman–Crippen MR) is 77.6 cm³/mol. The highest BCUT2D eigenvalue weighted by atomic mass is 32.2. The second-order valence-corrected chi connectivity index (χ2v) is 7.04. The van der Waals surface area contributed by atoms with Crippen LogP contribution in [0.1, 0.15) is 39.0 Å². The highest BCUT2D eigenvalue weighted by molar-refractivity contribution is 7.98. The highest BCUT2D eigenvalue weighted by Crippen LogP contribution is 2.50. The minimum absolute atomic E-state index is 0.183. The lowest BCUT2D eigenvalue weighted by molar-refractivity contribution is -0.140. The summed E-state index contributed by atoms with van der Waals surface area (Å²) < 4.78 is 0. The molecule has 2 aliphatic rings. The number of likely N-dealkylation sites (tertiary alicyclic amines) is 1. The lowest BCUT2D eigenvalue weighted by Gasteiger charge is -2.53. The molecule has 0 aromatic carbocycles. The maximum Gasteiger partial charge on any atom is 0.239 e. The van der Waals surface area contributed by atoms with Crippen LogP contribution in [0.2, 0.25) is 0 Å². The molecule has 2 N–H and O–H groups in total. The van der Waals surface area contributed by atoms with E-state index in [1.165, 1.54) is 19.3 Å². The number of carbonyl (C=O) groups is 1. The number of nitrogens with two attached hydrogens (primary N) is 1. The largest absolute Gasteiger partial charge is 0.341 e. The Kier molecular flexibility index (Phi) is 4.59. The zero-order chi connectivity index (χ0) is 13.2. The predicted octanol–water partition coefficient (Wildman–Crippen LogP) is 2.11. The van der Waals surface area contributed by atoms with Crippen LogP contribution in [-0.4, -0.2) is 41.9 Å². The topological polar surface area (TPSA) is 46.3 Å². The van der Waals surface area contributed by atoms with E-state index in [2.05, 4.69) is 13.2 Å². The van der Waals surface area contributed by atoms with Crippen LogP contribution >= 0.6 is 11.8 Å². The van der Waals surface area contributed by atoms with Gasteiger partial charge >= 0.3 is 0 Å². The molecule has 2 fully saturated rings. The summed E-state index contributed by atoms with van der Waals surface area (Å²) in [6, 6.07) is -0.289. The molecule has 3 nitrogen and oxygen atoms in total. The fourth-order valence-corrected chi connectivity index (χ4v) is 3.83. The molecule has 104 valence electrons. The molecule has 0 radical (unpaired) electrons. The molecule has 2 rings (SSSR count). The normalized spacial score (nSPS) is 27.9. The van der Waals surface area contributed by atoms with Gasteiger partial charge in [-0.2, -0.15) is 11.8 Å². The maximum atomic E-state index is 12.3. The quantitative estimate of drug-likeness (QED) is 0.851. The van der Waals surface area contributed by atoms with Gasteiger partial charge in [0.05, 0.1) is 6.04 Å². The fraction of sp³-hybridized carbons (Fsp3) is 0.929. The molecular weight excluding hydrogens is 244 g/mol. The fourth-order valence-electron chi connectivity index (χ4n) is 3.34. The van der Waals surface area contributed by atoms with E-state index in [1.54, 1.807) is 11.8 Å². The minimum atomic E-state index is -0.289. The SMILES string of the molecule is CSCCC(N)C(=O)N1CCC(C)C2(CCC2)C1. The van der Waals surface area contributed by atoms with Gasteiger partial charge in [0.2, 0.25) is 5.91 Å². The Morgan fingerprint density at radius 1 is 1.56 bits per heavy atom. The Labute approximate surface area is 115 Å². The van der Waals surface area contributed by atoms with E-state index >= 15 is 0 Å².